The Morgan fingerprint density at radius 1 is 1.13 bits per heavy atom. The zero-order valence-electron chi connectivity index (χ0n) is 17.6. The molecule has 2 amide bonds. The van der Waals surface area contributed by atoms with Gasteiger partial charge in [-0.3, -0.25) is 9.59 Å². The molecule has 7 heteroatoms. The van der Waals surface area contributed by atoms with Crippen molar-refractivity contribution in [3.05, 3.63) is 29.8 Å². The van der Waals surface area contributed by atoms with Crippen LogP contribution in [0.5, 0.6) is 5.75 Å². The zero-order chi connectivity index (χ0) is 21.3. The molecule has 1 saturated heterocycles. The highest BCUT2D eigenvalue weighted by molar-refractivity contribution is 5.81. The predicted octanol–water partition coefficient (Wildman–Crippen LogP) is 1.21. The number of hydrogen-bond acceptors (Lipinski definition) is 5. The summed E-state index contributed by atoms with van der Waals surface area (Å²) in [6.45, 7) is 1.69. The summed E-state index contributed by atoms with van der Waals surface area (Å²) >= 11 is 0. The number of carbonyl (C=O) groups is 2. The van der Waals surface area contributed by atoms with Crippen molar-refractivity contribution in [3.63, 3.8) is 0 Å². The van der Waals surface area contributed by atoms with E-state index in [0.717, 1.165) is 18.4 Å². The fourth-order valence-corrected chi connectivity index (χ4v) is 4.81. The molecule has 1 spiro atoms. The fourth-order valence-electron chi connectivity index (χ4n) is 4.81. The summed E-state index contributed by atoms with van der Waals surface area (Å²) in [5.74, 6) is 0.890. The highest BCUT2D eigenvalue weighted by atomic mass is 16.5. The van der Waals surface area contributed by atoms with E-state index < -0.39 is 12.2 Å². The van der Waals surface area contributed by atoms with Gasteiger partial charge in [0.1, 0.15) is 5.75 Å². The number of amides is 2. The van der Waals surface area contributed by atoms with Crippen molar-refractivity contribution in [2.45, 2.75) is 50.7 Å². The van der Waals surface area contributed by atoms with Crippen LogP contribution >= 0.6 is 0 Å². The second-order valence-corrected chi connectivity index (χ2v) is 9.29. The van der Waals surface area contributed by atoms with Crippen molar-refractivity contribution >= 4 is 11.8 Å². The van der Waals surface area contributed by atoms with Crippen LogP contribution in [0.4, 0.5) is 0 Å². The Kier molecular flexibility index (Phi) is 6.02. The second kappa shape index (κ2) is 8.55. The lowest BCUT2D eigenvalue weighted by Gasteiger charge is -2.45. The van der Waals surface area contributed by atoms with Crippen LogP contribution in [0, 0.1) is 11.3 Å². The highest BCUT2D eigenvalue weighted by Gasteiger charge is 2.42. The van der Waals surface area contributed by atoms with Crippen molar-refractivity contribution < 1.29 is 24.5 Å². The van der Waals surface area contributed by atoms with Crippen molar-refractivity contribution in [2.24, 2.45) is 11.3 Å². The largest absolute Gasteiger partial charge is 0.483 e. The van der Waals surface area contributed by atoms with Gasteiger partial charge in [0.25, 0.3) is 5.91 Å². The minimum absolute atomic E-state index is 0.0610. The number of aliphatic hydroxyl groups is 2. The van der Waals surface area contributed by atoms with Crippen LogP contribution in [0.1, 0.15) is 37.7 Å². The number of piperidine rings is 1. The smallest absolute Gasteiger partial charge is 0.260 e. The number of nitrogens with zero attached hydrogens (tertiary/aromatic N) is 2. The van der Waals surface area contributed by atoms with E-state index >= 15 is 0 Å². The van der Waals surface area contributed by atoms with Crippen LogP contribution in [0.3, 0.4) is 0 Å². The first-order valence-corrected chi connectivity index (χ1v) is 11.0. The third-order valence-electron chi connectivity index (χ3n) is 6.90. The van der Waals surface area contributed by atoms with Gasteiger partial charge in [0.2, 0.25) is 5.91 Å². The molecule has 2 atom stereocenters. The molecule has 30 heavy (non-hydrogen) atoms. The number of carbonyl (C=O) groups excluding carboxylic acids is 2. The molecule has 0 bridgehead atoms. The number of hydrogen-bond donors (Lipinski definition) is 2. The minimum Gasteiger partial charge on any atom is -0.483 e. The molecule has 164 valence electrons. The number of ether oxygens (including phenoxy) is 1. The van der Waals surface area contributed by atoms with Crippen molar-refractivity contribution in [1.82, 2.24) is 9.80 Å². The van der Waals surface area contributed by atoms with Gasteiger partial charge in [-0.05, 0) is 49.1 Å². The molecule has 2 aliphatic heterocycles. The Morgan fingerprint density at radius 3 is 2.53 bits per heavy atom. The van der Waals surface area contributed by atoms with Gasteiger partial charge in [0.15, 0.2) is 6.61 Å². The van der Waals surface area contributed by atoms with E-state index in [4.69, 9.17) is 4.74 Å². The summed E-state index contributed by atoms with van der Waals surface area (Å²) in [6, 6.07) is 7.31. The van der Waals surface area contributed by atoms with E-state index in [1.165, 1.54) is 0 Å². The van der Waals surface area contributed by atoms with Gasteiger partial charge in [0, 0.05) is 39.0 Å². The van der Waals surface area contributed by atoms with E-state index in [9.17, 15) is 19.8 Å². The molecule has 4 rings (SSSR count). The molecule has 0 aromatic heterocycles. The lowest BCUT2D eigenvalue weighted by Crippen LogP contribution is -2.51. The molecule has 7 nitrogen and oxygen atoms in total. The van der Waals surface area contributed by atoms with Crippen molar-refractivity contribution in [1.29, 1.82) is 0 Å². The molecule has 2 N–H and O–H groups in total. The van der Waals surface area contributed by atoms with Gasteiger partial charge < -0.3 is 24.7 Å². The second-order valence-electron chi connectivity index (χ2n) is 9.29. The summed E-state index contributed by atoms with van der Waals surface area (Å²) in [5.41, 5.74) is 0.447. The Labute approximate surface area is 177 Å². The van der Waals surface area contributed by atoms with E-state index in [2.05, 4.69) is 0 Å². The topological polar surface area (TPSA) is 90.3 Å². The maximum absolute atomic E-state index is 12.7. The average molecular weight is 417 g/mol. The van der Waals surface area contributed by atoms with Crippen LogP contribution in [-0.4, -0.2) is 77.3 Å². The summed E-state index contributed by atoms with van der Waals surface area (Å²) in [6.07, 6.45) is 2.25. The number of likely N-dealkylation sites (N-methyl/N-ethyl adjacent to an activating group) is 1. The summed E-state index contributed by atoms with van der Waals surface area (Å²) in [7, 11) is 1.76. The van der Waals surface area contributed by atoms with Crippen molar-refractivity contribution in [3.8, 4) is 5.75 Å². The monoisotopic (exact) mass is 416 g/mol. The number of rotatable bonds is 1. The van der Waals surface area contributed by atoms with Crippen LogP contribution in [0.15, 0.2) is 24.3 Å². The van der Waals surface area contributed by atoms with Gasteiger partial charge in [0.05, 0.1) is 12.2 Å². The maximum Gasteiger partial charge on any atom is 0.260 e. The van der Waals surface area contributed by atoms with Crippen LogP contribution < -0.4 is 4.74 Å². The standard InChI is InChI=1S/C23H32N2O5/c1-24-15-23(8-10-25(11-9-23)22(29)16-6-7-16)13-19(27)18(26)12-17-4-2-3-5-20(17)30-14-21(24)28/h2-5,16,18-19,26-27H,6-15H2,1H3/t18-,19+/m0/s1. The fraction of sp³-hybridized carbons (Fsp3) is 0.652. The molecule has 1 saturated carbocycles. The van der Waals surface area contributed by atoms with Gasteiger partial charge in [-0.2, -0.15) is 0 Å². The third kappa shape index (κ3) is 4.62. The van der Waals surface area contributed by atoms with Gasteiger partial charge >= 0.3 is 0 Å². The number of fused-ring (bicyclic) bond motifs is 1. The first kappa shape index (κ1) is 21.1. The Morgan fingerprint density at radius 2 is 1.83 bits per heavy atom. The number of para-hydroxylation sites is 1. The lowest BCUT2D eigenvalue weighted by molar-refractivity contribution is -0.139. The molecule has 3 aliphatic rings. The molecular formula is C23H32N2O5. The average Bonchev–Trinajstić information content (AvgIpc) is 3.57. The first-order valence-electron chi connectivity index (χ1n) is 11.0. The molecule has 1 aliphatic carbocycles. The molecule has 1 aromatic rings. The van der Waals surface area contributed by atoms with Crippen LogP contribution in [-0.2, 0) is 16.0 Å². The number of aliphatic hydroxyl groups excluding tert-OH is 2. The number of likely N-dealkylation sites (tertiary alicyclic amines) is 1. The van der Waals surface area contributed by atoms with Crippen molar-refractivity contribution in [2.75, 3.05) is 33.3 Å². The van der Waals surface area contributed by atoms with Crippen LogP contribution in [0.25, 0.3) is 0 Å². The van der Waals surface area contributed by atoms with E-state index in [1.807, 2.05) is 23.1 Å². The quantitative estimate of drug-likeness (QED) is 0.718. The van der Waals surface area contributed by atoms with Gasteiger partial charge in [-0.25, -0.2) is 0 Å². The Hall–Kier alpha value is -2.12. The van der Waals surface area contributed by atoms with E-state index in [-0.39, 0.29) is 36.2 Å². The molecule has 0 unspecified atom stereocenters. The Bertz CT molecular complexity index is 786. The maximum atomic E-state index is 12.7. The summed E-state index contributed by atoms with van der Waals surface area (Å²) in [5, 5.41) is 21.6. The van der Waals surface area contributed by atoms with E-state index in [0.29, 0.717) is 44.6 Å². The normalized spacial score (nSPS) is 27.6. The summed E-state index contributed by atoms with van der Waals surface area (Å²) < 4.78 is 5.75. The SMILES string of the molecule is CN1CC2(CCN(C(=O)C3CC3)CC2)C[C@@H](O)[C@@H](O)Cc2ccccc2OCC1=O. The lowest BCUT2D eigenvalue weighted by atomic mass is 9.72. The molecular weight excluding hydrogens is 384 g/mol. The third-order valence-corrected chi connectivity index (χ3v) is 6.90. The molecule has 2 heterocycles. The zero-order valence-corrected chi connectivity index (χ0v) is 17.6. The van der Waals surface area contributed by atoms with E-state index in [1.54, 1.807) is 18.0 Å². The predicted molar refractivity (Wildman–Crippen MR) is 111 cm³/mol. The first-order chi connectivity index (χ1) is 14.4. The molecule has 0 radical (unpaired) electrons. The minimum atomic E-state index is -0.918. The summed E-state index contributed by atoms with van der Waals surface area (Å²) in [4.78, 5) is 28.8. The molecule has 1 aromatic carbocycles. The Balaban J connectivity index is 1.53. The highest BCUT2D eigenvalue weighted by Crippen LogP contribution is 2.40. The molecule has 2 fully saturated rings. The van der Waals surface area contributed by atoms with Gasteiger partial charge in [-0.15, -0.1) is 0 Å². The number of benzene rings is 1. The van der Waals surface area contributed by atoms with Crippen LogP contribution in [0.2, 0.25) is 0 Å². The van der Waals surface area contributed by atoms with Gasteiger partial charge in [-0.1, -0.05) is 18.2 Å².